The summed E-state index contributed by atoms with van der Waals surface area (Å²) in [6.07, 6.45) is 19.0. The van der Waals surface area contributed by atoms with Gasteiger partial charge >= 0.3 is 0 Å². The average molecular weight is 422 g/mol. The van der Waals surface area contributed by atoms with E-state index in [0.29, 0.717) is 0 Å². The summed E-state index contributed by atoms with van der Waals surface area (Å²) in [4.78, 5) is 0. The number of allylic oxidation sites excluding steroid dienone is 9. The minimum Gasteiger partial charge on any atom is -1.00 e. The molecule has 0 atom stereocenters. The molecule has 0 nitrogen and oxygen atoms in total. The van der Waals surface area contributed by atoms with Gasteiger partial charge in [-0.25, -0.2) is 5.73 Å². The van der Waals surface area contributed by atoms with Crippen LogP contribution in [0.1, 0.15) is 0 Å². The Hall–Kier alpha value is -1.12. The van der Waals surface area contributed by atoms with Crippen molar-refractivity contribution < 1.29 is 24.8 Å². The molecular formula is C18H13Cl2Sb-2. The summed E-state index contributed by atoms with van der Waals surface area (Å²) in [5.41, 5.74) is 5.34. The predicted octanol–water partition coefficient (Wildman–Crippen LogP) is -2.19. The van der Waals surface area contributed by atoms with E-state index >= 15 is 0 Å². The molecule has 1 aromatic rings. The molecule has 2 aliphatic carbocycles. The van der Waals surface area contributed by atoms with Crippen LogP contribution in [0.2, 0.25) is 0 Å². The Bertz CT molecular complexity index is 533. The predicted molar refractivity (Wildman–Crippen MR) is 81.1 cm³/mol. The minimum absolute atomic E-state index is 0. The zero-order valence-electron chi connectivity index (χ0n) is 11.2. The first-order valence-corrected chi connectivity index (χ1v) is 5.82. The molecule has 0 bridgehead atoms. The zero-order valence-corrected chi connectivity index (χ0v) is 15.3. The Balaban J connectivity index is 0. The summed E-state index contributed by atoms with van der Waals surface area (Å²) in [6.45, 7) is 0. The van der Waals surface area contributed by atoms with Crippen molar-refractivity contribution in [1.29, 1.82) is 0 Å². The van der Waals surface area contributed by atoms with Crippen LogP contribution in [-0.2, 0) is 0 Å². The van der Waals surface area contributed by atoms with Gasteiger partial charge in [0, 0.05) is 48.7 Å². The number of hydrogen-bond donors (Lipinski definition) is 0. The van der Waals surface area contributed by atoms with Crippen molar-refractivity contribution in [3.63, 3.8) is 0 Å². The number of rotatable bonds is 1. The first-order valence-electron chi connectivity index (χ1n) is 5.82. The molecule has 1 aromatic carbocycles. The third-order valence-electron chi connectivity index (χ3n) is 2.32. The maximum absolute atomic E-state index is 3.15. The molecule has 0 saturated carbocycles. The average Bonchev–Trinajstić information content (AvgIpc) is 2.51. The molecule has 3 heteroatoms. The van der Waals surface area contributed by atoms with E-state index in [1.54, 1.807) is 0 Å². The molecule has 0 spiro atoms. The SMILES string of the molecule is C1=C[CH-]C=CC=1C1=CC=CC=[C+]1.[Cl-].[Cl-].[Sb].[c]1ccccc1. The van der Waals surface area contributed by atoms with Gasteiger partial charge in [0.05, 0.1) is 6.08 Å². The molecule has 0 aromatic heterocycles. The standard InChI is InChI=1S/C12H8.C6H5.2ClH.Sb/c1-3-7-11(8-4-1)12-9-5-2-6-10-12;1-2-4-6-5-3-1;;;/h1-7,9H;1-5H;2*1H;/p-2. The second-order valence-corrected chi connectivity index (χ2v) is 3.63. The zero-order chi connectivity index (χ0) is 12.5. The summed E-state index contributed by atoms with van der Waals surface area (Å²) >= 11 is 0. The Morgan fingerprint density at radius 2 is 1.76 bits per heavy atom. The van der Waals surface area contributed by atoms with Crippen molar-refractivity contribution in [3.8, 4) is 0 Å². The number of benzene rings is 1. The summed E-state index contributed by atoms with van der Waals surface area (Å²) in [6, 6.07) is 12.5. The van der Waals surface area contributed by atoms with Gasteiger partial charge in [0.2, 0.25) is 0 Å². The van der Waals surface area contributed by atoms with Crippen molar-refractivity contribution in [3.05, 3.63) is 108 Å². The maximum atomic E-state index is 3.15. The van der Waals surface area contributed by atoms with Crippen LogP contribution in [0.25, 0.3) is 0 Å². The van der Waals surface area contributed by atoms with Crippen molar-refractivity contribution in [2.75, 3.05) is 0 Å². The van der Waals surface area contributed by atoms with E-state index in [-0.39, 0.29) is 49.2 Å². The van der Waals surface area contributed by atoms with Crippen LogP contribution in [0.15, 0.2) is 89.7 Å². The first-order chi connectivity index (χ1) is 8.97. The summed E-state index contributed by atoms with van der Waals surface area (Å²) in [5, 5.41) is 0. The topological polar surface area (TPSA) is 0 Å². The molecule has 0 amide bonds. The number of halogens is 2. The van der Waals surface area contributed by atoms with Gasteiger partial charge in [0.25, 0.3) is 0 Å². The molecule has 21 heavy (non-hydrogen) atoms. The van der Waals surface area contributed by atoms with Crippen LogP contribution >= 0.6 is 0 Å². The first kappa shape index (κ1) is 22.2. The van der Waals surface area contributed by atoms with E-state index < -0.39 is 0 Å². The second kappa shape index (κ2) is 13.8. The van der Waals surface area contributed by atoms with E-state index in [1.165, 1.54) is 0 Å². The van der Waals surface area contributed by atoms with E-state index in [9.17, 15) is 0 Å². The van der Waals surface area contributed by atoms with Crippen molar-refractivity contribution in [1.82, 2.24) is 0 Å². The van der Waals surface area contributed by atoms with E-state index in [2.05, 4.69) is 17.9 Å². The third-order valence-corrected chi connectivity index (χ3v) is 2.32. The fourth-order valence-corrected chi connectivity index (χ4v) is 1.46. The van der Waals surface area contributed by atoms with Gasteiger partial charge in [-0.2, -0.15) is 12.5 Å². The van der Waals surface area contributed by atoms with Crippen LogP contribution in [0, 0.1) is 18.6 Å². The molecule has 0 saturated heterocycles. The smallest absolute Gasteiger partial charge is 0.137 e. The van der Waals surface area contributed by atoms with Gasteiger partial charge in [0.15, 0.2) is 0 Å². The van der Waals surface area contributed by atoms with Crippen molar-refractivity contribution in [2.24, 2.45) is 0 Å². The second-order valence-electron chi connectivity index (χ2n) is 3.63. The molecule has 0 heterocycles. The molecule has 106 valence electrons. The largest absolute Gasteiger partial charge is 1.00 e. The Kier molecular flexibility index (Phi) is 14.6. The quantitative estimate of drug-likeness (QED) is 0.275. The third kappa shape index (κ3) is 8.69. The molecule has 3 rings (SSSR count). The van der Waals surface area contributed by atoms with Crippen LogP contribution in [0.4, 0.5) is 0 Å². The van der Waals surface area contributed by atoms with Crippen molar-refractivity contribution >= 4 is 24.4 Å². The van der Waals surface area contributed by atoms with Crippen LogP contribution < -0.4 is 24.8 Å². The Morgan fingerprint density at radius 3 is 2.19 bits per heavy atom. The molecular weight excluding hydrogens is 409 g/mol. The molecule has 0 fully saturated rings. The van der Waals surface area contributed by atoms with Gasteiger partial charge in [0.1, 0.15) is 5.57 Å². The van der Waals surface area contributed by atoms with Crippen LogP contribution in [0.3, 0.4) is 0 Å². The van der Waals surface area contributed by atoms with Crippen LogP contribution in [0.5, 0.6) is 0 Å². The van der Waals surface area contributed by atoms with Gasteiger partial charge in [-0.3, -0.25) is 0 Å². The van der Waals surface area contributed by atoms with E-state index in [0.717, 1.165) is 11.1 Å². The van der Waals surface area contributed by atoms with E-state index in [4.69, 9.17) is 0 Å². The molecule has 0 N–H and O–H groups in total. The monoisotopic (exact) mass is 420 g/mol. The molecule has 4 radical (unpaired) electrons. The normalized spacial score (nSPS) is 12.6. The van der Waals surface area contributed by atoms with Gasteiger partial charge in [-0.1, -0.05) is 30.3 Å². The summed E-state index contributed by atoms with van der Waals surface area (Å²) in [5.74, 6) is 0. The van der Waals surface area contributed by atoms with Gasteiger partial charge in [-0.15, -0.1) is 12.2 Å². The van der Waals surface area contributed by atoms with E-state index in [1.807, 2.05) is 79.3 Å². The maximum Gasteiger partial charge on any atom is 0.137 e. The number of hydrogen-bond acceptors (Lipinski definition) is 0. The van der Waals surface area contributed by atoms with Gasteiger partial charge in [-0.05, 0) is 11.6 Å². The minimum atomic E-state index is 0. The Morgan fingerprint density at radius 1 is 1.00 bits per heavy atom. The molecule has 0 aliphatic heterocycles. The van der Waals surface area contributed by atoms with Gasteiger partial charge < -0.3 is 24.8 Å². The Labute approximate surface area is 157 Å². The summed E-state index contributed by atoms with van der Waals surface area (Å²) in [7, 11) is 0. The van der Waals surface area contributed by atoms with Crippen molar-refractivity contribution in [2.45, 2.75) is 0 Å². The fraction of sp³-hybridized carbons (Fsp3) is 0. The fourth-order valence-electron chi connectivity index (χ4n) is 1.46. The van der Waals surface area contributed by atoms with Crippen LogP contribution in [-0.4, -0.2) is 24.4 Å². The summed E-state index contributed by atoms with van der Waals surface area (Å²) < 4.78 is 0. The molecule has 2 aliphatic rings. The molecule has 0 unspecified atom stereocenters.